The van der Waals surface area contributed by atoms with Crippen LogP contribution in [0.1, 0.15) is 97.6 Å². The highest BCUT2D eigenvalue weighted by Gasteiger charge is 2.45. The summed E-state index contributed by atoms with van der Waals surface area (Å²) in [5.74, 6) is 0. The van der Waals surface area contributed by atoms with Crippen LogP contribution in [0.4, 0.5) is 11.4 Å². The van der Waals surface area contributed by atoms with Crippen LogP contribution in [0.3, 0.4) is 0 Å². The molecule has 0 N–H and O–H groups in total. The van der Waals surface area contributed by atoms with Gasteiger partial charge in [0.1, 0.15) is 6.54 Å². The van der Waals surface area contributed by atoms with Crippen molar-refractivity contribution in [1.29, 1.82) is 0 Å². The maximum Gasteiger partial charge on any atom is 0.210 e. The second kappa shape index (κ2) is 14.2. The zero-order chi connectivity index (χ0) is 32.9. The summed E-state index contributed by atoms with van der Waals surface area (Å²) < 4.78 is 2.55. The Bertz CT molecular complexity index is 1870. The highest BCUT2D eigenvalue weighted by atomic mass is 15.2. The second-order valence-electron chi connectivity index (χ2n) is 14.1. The quantitative estimate of drug-likeness (QED) is 0.133. The van der Waals surface area contributed by atoms with Crippen LogP contribution in [0.25, 0.3) is 24.8 Å². The maximum absolute atomic E-state index is 4.35. The third kappa shape index (κ3) is 6.24. The van der Waals surface area contributed by atoms with Gasteiger partial charge in [0.15, 0.2) is 5.71 Å². The molecule has 2 aromatic rings. The van der Waals surface area contributed by atoms with E-state index in [0.717, 1.165) is 37.6 Å². The molecule has 0 bridgehead atoms. The highest BCUT2D eigenvalue weighted by molar-refractivity contribution is 6.03. The van der Waals surface area contributed by atoms with Crippen molar-refractivity contribution in [3.8, 4) is 0 Å². The molecule has 0 spiro atoms. The van der Waals surface area contributed by atoms with E-state index in [4.69, 9.17) is 0 Å². The molecule has 0 unspecified atom stereocenters. The van der Waals surface area contributed by atoms with Crippen LogP contribution in [0.15, 0.2) is 85.1 Å². The summed E-state index contributed by atoms with van der Waals surface area (Å²) in [5, 5.41) is 5.11. The first-order chi connectivity index (χ1) is 22.2. The smallest absolute Gasteiger partial charge is 0.210 e. The van der Waals surface area contributed by atoms with E-state index in [9.17, 15) is 0 Å². The minimum atomic E-state index is -0.132. The molecule has 0 amide bonds. The summed E-state index contributed by atoms with van der Waals surface area (Å²) in [4.78, 5) is 2.55. The maximum atomic E-state index is 4.35. The van der Waals surface area contributed by atoms with E-state index >= 15 is 0 Å². The summed E-state index contributed by atoms with van der Waals surface area (Å²) in [5.41, 5.74) is 8.10. The summed E-state index contributed by atoms with van der Waals surface area (Å²) in [6, 6.07) is 9.09. The molecule has 2 heteroatoms. The zero-order valence-electron chi connectivity index (χ0n) is 29.3. The minimum Gasteiger partial charge on any atom is -0.344 e. The highest BCUT2D eigenvalue weighted by Crippen LogP contribution is 2.46. The molecule has 2 nitrogen and oxygen atoms in total. The van der Waals surface area contributed by atoms with Crippen LogP contribution in [0, 0.1) is 0 Å². The van der Waals surface area contributed by atoms with E-state index in [1.807, 2.05) is 6.08 Å². The van der Waals surface area contributed by atoms with Crippen molar-refractivity contribution in [2.45, 2.75) is 97.3 Å². The topological polar surface area (TPSA) is 6.25 Å². The molecule has 2 aliphatic heterocycles. The molecular formula is C44H55N2+. The molecule has 5 rings (SSSR count). The van der Waals surface area contributed by atoms with Crippen molar-refractivity contribution >= 4 is 41.9 Å². The van der Waals surface area contributed by atoms with Crippen molar-refractivity contribution in [2.75, 3.05) is 18.0 Å². The van der Waals surface area contributed by atoms with Gasteiger partial charge in [-0.1, -0.05) is 121 Å². The van der Waals surface area contributed by atoms with E-state index in [0.29, 0.717) is 0 Å². The van der Waals surface area contributed by atoms with Gasteiger partial charge in [-0.25, -0.2) is 0 Å². The van der Waals surface area contributed by atoms with Crippen molar-refractivity contribution in [2.24, 2.45) is 0 Å². The van der Waals surface area contributed by atoms with Gasteiger partial charge in [-0.15, -0.1) is 0 Å². The number of benzene rings is 2. The van der Waals surface area contributed by atoms with Gasteiger partial charge in [-0.2, -0.15) is 4.58 Å². The Morgan fingerprint density at radius 3 is 2.33 bits per heavy atom. The number of hydrogen-bond acceptors (Lipinski definition) is 1. The summed E-state index contributed by atoms with van der Waals surface area (Å²) in [7, 11) is 0. The molecule has 1 aliphatic carbocycles. The molecule has 0 radical (unpaired) electrons. The number of anilines is 1. The fourth-order valence-corrected chi connectivity index (χ4v) is 7.89. The predicted molar refractivity (Wildman–Crippen MR) is 203 cm³/mol. The molecule has 2 aromatic carbocycles. The Balaban J connectivity index is 1.41. The molecule has 0 saturated heterocycles. The van der Waals surface area contributed by atoms with E-state index in [1.165, 1.54) is 75.2 Å². The van der Waals surface area contributed by atoms with E-state index in [1.54, 1.807) is 0 Å². The normalized spacial score (nSPS) is 19.3. The number of unbranched alkanes of at least 4 members (excludes halogenated alkanes) is 3. The largest absolute Gasteiger partial charge is 0.344 e. The van der Waals surface area contributed by atoms with Gasteiger partial charge in [-0.05, 0) is 77.8 Å². The molecule has 0 fully saturated rings. The summed E-state index contributed by atoms with van der Waals surface area (Å²) in [6.45, 7) is 24.4. The first kappa shape index (κ1) is 33.5. The van der Waals surface area contributed by atoms with E-state index < -0.39 is 0 Å². The van der Waals surface area contributed by atoms with Gasteiger partial charge in [0, 0.05) is 47.5 Å². The van der Waals surface area contributed by atoms with E-state index in [2.05, 4.69) is 149 Å². The molecule has 2 heterocycles. The Hall–Kier alpha value is -3.91. The van der Waals surface area contributed by atoms with Crippen LogP contribution in [0.2, 0.25) is 0 Å². The molecule has 240 valence electrons. The Morgan fingerprint density at radius 1 is 0.804 bits per heavy atom. The predicted octanol–water partition coefficient (Wildman–Crippen LogP) is 8.14. The lowest BCUT2D eigenvalue weighted by Gasteiger charge is -2.27. The number of hydrogen-bond donors (Lipinski definition) is 0. The average Bonchev–Trinajstić information content (AvgIpc) is 3.38. The molecule has 3 aliphatic rings. The zero-order valence-corrected chi connectivity index (χ0v) is 29.3. The van der Waals surface area contributed by atoms with Crippen LogP contribution < -0.4 is 25.8 Å². The minimum absolute atomic E-state index is 0.0402. The van der Waals surface area contributed by atoms with Gasteiger partial charge in [0.05, 0.1) is 5.41 Å². The monoisotopic (exact) mass is 611 g/mol. The third-order valence-electron chi connectivity index (χ3n) is 10.1. The number of fused-ring (bicyclic) bond motifs is 4. The van der Waals surface area contributed by atoms with Crippen molar-refractivity contribution < 1.29 is 4.58 Å². The molecular weight excluding hydrogens is 556 g/mol. The molecule has 0 aromatic heterocycles. The average molecular weight is 612 g/mol. The lowest BCUT2D eigenvalue weighted by Crippen LogP contribution is -2.38. The lowest BCUT2D eigenvalue weighted by atomic mass is 9.79. The van der Waals surface area contributed by atoms with Crippen LogP contribution in [-0.4, -0.2) is 23.4 Å². The fraction of sp³-hybridized carbons (Fsp3) is 0.386. The summed E-state index contributed by atoms with van der Waals surface area (Å²) >= 11 is 0. The van der Waals surface area contributed by atoms with Crippen LogP contribution in [0.5, 0.6) is 0 Å². The summed E-state index contributed by atoms with van der Waals surface area (Å²) in [6.07, 6.45) is 32.8. The van der Waals surface area contributed by atoms with Gasteiger partial charge in [0.2, 0.25) is 5.69 Å². The standard InChI is InChI=1S/C44H55N2/c1-9-12-13-21-32-46-37-29-27-33(4)35(22-10-2)41(37)43(5,6)40(46)26-18-16-14-15-17-25-39-44(7,8)42-36-24-20-19-23-34(36)28-30-38(42)45(39)31-11-3/h10,14-18,22-30H,2,4,9,11-13,19-21,31-32H2,1,3,5-8H3/q+1/b35-22+. The van der Waals surface area contributed by atoms with E-state index in [-0.39, 0.29) is 10.8 Å². The van der Waals surface area contributed by atoms with Gasteiger partial charge < -0.3 is 4.90 Å². The molecule has 46 heavy (non-hydrogen) atoms. The van der Waals surface area contributed by atoms with Crippen molar-refractivity contribution in [1.82, 2.24) is 0 Å². The van der Waals surface area contributed by atoms with Gasteiger partial charge in [-0.3, -0.25) is 0 Å². The first-order valence-corrected chi connectivity index (χ1v) is 17.6. The Kier molecular flexibility index (Phi) is 10.4. The first-order valence-electron chi connectivity index (χ1n) is 17.6. The molecule has 0 saturated carbocycles. The molecule has 0 atom stereocenters. The van der Waals surface area contributed by atoms with Crippen molar-refractivity contribution in [3.63, 3.8) is 0 Å². The third-order valence-corrected chi connectivity index (χ3v) is 10.1. The second-order valence-corrected chi connectivity index (χ2v) is 14.1. The Labute approximate surface area is 278 Å². The fourth-order valence-electron chi connectivity index (χ4n) is 7.89. The van der Waals surface area contributed by atoms with Crippen LogP contribution >= 0.6 is 0 Å². The number of nitrogens with zero attached hydrogens (tertiary/aromatic N) is 2. The number of rotatable bonds is 12. The van der Waals surface area contributed by atoms with Crippen molar-refractivity contribution in [3.05, 3.63) is 117 Å². The van der Waals surface area contributed by atoms with Gasteiger partial charge in [0.25, 0.3) is 0 Å². The Morgan fingerprint density at radius 2 is 1.57 bits per heavy atom. The number of allylic oxidation sites excluding steroid dienone is 9. The van der Waals surface area contributed by atoms with Crippen LogP contribution in [-0.2, 0) is 10.8 Å². The lowest BCUT2D eigenvalue weighted by molar-refractivity contribution is -0.437. The SMILES string of the molecule is C=C/C=c1/c2c(ccc1=C)N(CCCCCC)\C(=C/C=C/C=C/C=C/C1=[N+](CCC)c3ccc4c(c3C1(C)C)=CCCC=4)C2(C)C. The van der Waals surface area contributed by atoms with Gasteiger partial charge >= 0.3 is 0 Å².